The molecule has 16 heteroatoms. The second-order valence-corrected chi connectivity index (χ2v) is 14.7. The summed E-state index contributed by atoms with van der Waals surface area (Å²) < 4.78 is 9.55. The number of carbonyl (C=O) groups excluding carboxylic acids is 4. The van der Waals surface area contributed by atoms with E-state index >= 15 is 0 Å². The lowest BCUT2D eigenvalue weighted by atomic mass is 10.0. The molecule has 5 heterocycles. The van der Waals surface area contributed by atoms with E-state index in [1.54, 1.807) is 28.4 Å². The highest BCUT2D eigenvalue weighted by Crippen LogP contribution is 2.35. The number of H-pyrrole nitrogens is 3. The van der Waals surface area contributed by atoms with Gasteiger partial charge < -0.3 is 44.9 Å². The van der Waals surface area contributed by atoms with E-state index in [4.69, 9.17) is 9.47 Å². The van der Waals surface area contributed by atoms with Gasteiger partial charge >= 0.3 is 12.2 Å². The molecular weight excluding hydrogens is 729 g/mol. The molecule has 0 aliphatic carbocycles. The fourth-order valence-electron chi connectivity index (χ4n) is 7.72. The van der Waals surface area contributed by atoms with Crippen LogP contribution in [0.4, 0.5) is 9.59 Å². The van der Waals surface area contributed by atoms with Crippen LogP contribution in [0.5, 0.6) is 0 Å². The summed E-state index contributed by atoms with van der Waals surface area (Å²) in [6.07, 6.45) is 8.88. The smallest absolute Gasteiger partial charge is 0.407 e. The zero-order valence-corrected chi connectivity index (χ0v) is 32.5. The van der Waals surface area contributed by atoms with Gasteiger partial charge in [0.05, 0.1) is 56.4 Å². The Kier molecular flexibility index (Phi) is 11.7. The van der Waals surface area contributed by atoms with E-state index in [-0.39, 0.29) is 36.2 Å². The van der Waals surface area contributed by atoms with E-state index in [9.17, 15) is 19.2 Å². The number of rotatable bonds is 12. The first-order chi connectivity index (χ1) is 27.6. The lowest BCUT2D eigenvalue weighted by molar-refractivity contribution is -0.135. The molecular formula is C41H48N10O6. The Morgan fingerprint density at radius 1 is 0.719 bits per heavy atom. The van der Waals surface area contributed by atoms with Crippen molar-refractivity contribution in [3.63, 3.8) is 0 Å². The van der Waals surface area contributed by atoms with Gasteiger partial charge in [0.2, 0.25) is 11.8 Å². The molecule has 0 saturated carbocycles. The van der Waals surface area contributed by atoms with Crippen LogP contribution in [0.3, 0.4) is 0 Å². The number of likely N-dealkylation sites (tertiary alicyclic amines) is 2. The second-order valence-electron chi connectivity index (χ2n) is 14.7. The number of benzene rings is 2. The van der Waals surface area contributed by atoms with Gasteiger partial charge in [-0.05, 0) is 53.9 Å². The summed E-state index contributed by atoms with van der Waals surface area (Å²) in [6.45, 7) is 4.93. The number of alkyl carbamates (subject to hydrolysis) is 2. The van der Waals surface area contributed by atoms with Crippen LogP contribution in [0.2, 0.25) is 0 Å². The van der Waals surface area contributed by atoms with Crippen molar-refractivity contribution in [2.24, 2.45) is 5.92 Å². The standard InChI is InChI=1S/C41H48N10O6/c1-24(2)35(49-41(55)57-4)39(53)51-18-6-8-34(51)37-44-22-32(47-37)28-15-11-26(12-16-28)25-9-13-27(14-10-25)31-21-43-36(46-31)33-7-5-17-50(33)38(52)30(48-40(54)56-3)19-29-20-42-23-45-29/h9-16,20-24,30,33-35H,5-8,17-19H2,1-4H3,(H,42,45)(H,43,46)(H,44,47)(H,48,54)(H,49,55)/t30-,33-,34-,35-/m0/s1. The third kappa shape index (κ3) is 8.54. The molecule has 2 aliphatic heterocycles. The molecule has 16 nitrogen and oxygen atoms in total. The number of nitrogens with zero attached hydrogens (tertiary/aromatic N) is 5. The third-order valence-electron chi connectivity index (χ3n) is 10.8. The number of hydrogen-bond acceptors (Lipinski definition) is 9. The first kappa shape index (κ1) is 38.8. The molecule has 2 aromatic carbocycles. The van der Waals surface area contributed by atoms with Crippen molar-refractivity contribution in [1.29, 1.82) is 0 Å². The van der Waals surface area contributed by atoms with Gasteiger partial charge in [-0.25, -0.2) is 24.5 Å². The van der Waals surface area contributed by atoms with Crippen molar-refractivity contribution < 1.29 is 28.7 Å². The molecule has 0 radical (unpaired) electrons. The number of imidazole rings is 3. The van der Waals surface area contributed by atoms with E-state index in [1.807, 2.05) is 38.1 Å². The molecule has 4 atom stereocenters. The minimum atomic E-state index is -0.825. The Bertz CT molecular complexity index is 2160. The second kappa shape index (κ2) is 17.1. The van der Waals surface area contributed by atoms with Crippen molar-refractivity contribution in [1.82, 2.24) is 50.3 Å². The number of hydrogen-bond donors (Lipinski definition) is 5. The zero-order chi connectivity index (χ0) is 40.1. The van der Waals surface area contributed by atoms with Crippen molar-refractivity contribution in [2.75, 3.05) is 27.3 Å². The Morgan fingerprint density at radius 2 is 1.21 bits per heavy atom. The van der Waals surface area contributed by atoms with Crippen LogP contribution in [0.15, 0.2) is 73.4 Å². The maximum Gasteiger partial charge on any atom is 0.407 e. The summed E-state index contributed by atoms with van der Waals surface area (Å²) >= 11 is 0. The lowest BCUT2D eigenvalue weighted by Gasteiger charge is -2.30. The number of ether oxygens (including phenoxy) is 2. The minimum Gasteiger partial charge on any atom is -0.453 e. The largest absolute Gasteiger partial charge is 0.453 e. The molecule has 2 fully saturated rings. The molecule has 5 aromatic rings. The van der Waals surface area contributed by atoms with Gasteiger partial charge in [0.15, 0.2) is 0 Å². The molecule has 2 aliphatic rings. The van der Waals surface area contributed by atoms with Crippen LogP contribution in [-0.4, -0.2) is 103 Å². The molecule has 7 rings (SSSR count). The molecule has 0 bridgehead atoms. The van der Waals surface area contributed by atoms with Gasteiger partial charge in [-0.1, -0.05) is 62.4 Å². The van der Waals surface area contributed by atoms with Crippen LogP contribution in [0, 0.1) is 5.92 Å². The predicted molar refractivity (Wildman–Crippen MR) is 210 cm³/mol. The van der Waals surface area contributed by atoms with E-state index in [2.05, 4.69) is 64.8 Å². The molecule has 3 aromatic heterocycles. The van der Waals surface area contributed by atoms with Crippen LogP contribution in [0.1, 0.15) is 69.0 Å². The molecule has 4 amide bonds. The maximum atomic E-state index is 13.8. The molecule has 0 spiro atoms. The summed E-state index contributed by atoms with van der Waals surface area (Å²) in [7, 11) is 2.56. The number of amides is 4. The van der Waals surface area contributed by atoms with Gasteiger partial charge in [0.25, 0.3) is 0 Å². The molecule has 298 valence electrons. The number of nitrogens with one attached hydrogen (secondary N) is 5. The van der Waals surface area contributed by atoms with Gasteiger partial charge in [0, 0.05) is 31.4 Å². The Morgan fingerprint density at radius 3 is 1.68 bits per heavy atom. The minimum absolute atomic E-state index is 0.109. The average molecular weight is 777 g/mol. The maximum absolute atomic E-state index is 13.8. The molecule has 5 N–H and O–H groups in total. The normalized spacial score (nSPS) is 17.7. The van der Waals surface area contributed by atoms with Crippen LogP contribution in [-0.2, 0) is 25.5 Å². The van der Waals surface area contributed by atoms with Crippen LogP contribution < -0.4 is 10.6 Å². The van der Waals surface area contributed by atoms with Crippen LogP contribution >= 0.6 is 0 Å². The van der Waals surface area contributed by atoms with Gasteiger partial charge in [-0.3, -0.25) is 9.59 Å². The number of methoxy groups -OCH3 is 2. The van der Waals surface area contributed by atoms with Crippen molar-refractivity contribution >= 4 is 24.0 Å². The molecule has 2 saturated heterocycles. The number of carbonyl (C=O) groups is 4. The summed E-state index contributed by atoms with van der Waals surface area (Å²) in [6, 6.07) is 14.4. The fourth-order valence-corrected chi connectivity index (χ4v) is 7.72. The van der Waals surface area contributed by atoms with Crippen molar-refractivity contribution in [3.8, 4) is 33.6 Å². The molecule has 0 unspecified atom stereocenters. The molecule has 57 heavy (non-hydrogen) atoms. The van der Waals surface area contributed by atoms with Gasteiger partial charge in [0.1, 0.15) is 23.7 Å². The SMILES string of the molecule is COC(=O)N[C@@H](Cc1cnc[nH]1)C(=O)N1CCC[C@H]1c1ncc(-c2ccc(-c3ccc(-c4cnc([C@@H]5CCCN5C(=O)[C@@H](NC(=O)OC)C(C)C)[nH]4)cc3)cc2)[nH]1. The Labute approximate surface area is 330 Å². The highest BCUT2D eigenvalue weighted by molar-refractivity contribution is 5.87. The number of aromatic nitrogens is 6. The van der Waals surface area contributed by atoms with Gasteiger partial charge in [-0.2, -0.15) is 0 Å². The zero-order valence-electron chi connectivity index (χ0n) is 32.5. The summed E-state index contributed by atoms with van der Waals surface area (Å²) in [5.74, 6) is 0.947. The fraction of sp³-hybridized carbons (Fsp3) is 0.390. The van der Waals surface area contributed by atoms with E-state index in [1.165, 1.54) is 20.5 Å². The van der Waals surface area contributed by atoms with E-state index in [0.29, 0.717) is 18.9 Å². The first-order valence-corrected chi connectivity index (χ1v) is 19.2. The van der Waals surface area contributed by atoms with Crippen LogP contribution in [0.25, 0.3) is 33.6 Å². The van der Waals surface area contributed by atoms with Gasteiger partial charge in [-0.15, -0.1) is 0 Å². The lowest BCUT2D eigenvalue weighted by Crippen LogP contribution is -2.51. The summed E-state index contributed by atoms with van der Waals surface area (Å²) in [5, 5.41) is 5.37. The predicted octanol–water partition coefficient (Wildman–Crippen LogP) is 5.53. The summed E-state index contributed by atoms with van der Waals surface area (Å²) in [4.78, 5) is 78.2. The quantitative estimate of drug-likeness (QED) is 0.108. The van der Waals surface area contributed by atoms with E-state index in [0.717, 1.165) is 70.8 Å². The third-order valence-corrected chi connectivity index (χ3v) is 10.8. The number of aromatic amines is 3. The topological polar surface area (TPSA) is 203 Å². The Balaban J connectivity index is 0.998. The van der Waals surface area contributed by atoms with Crippen molar-refractivity contribution in [3.05, 3.63) is 90.8 Å². The monoisotopic (exact) mass is 776 g/mol. The Hall–Kier alpha value is -6.45. The summed E-state index contributed by atoms with van der Waals surface area (Å²) in [5.41, 5.74) is 6.43. The first-order valence-electron chi connectivity index (χ1n) is 19.2. The van der Waals surface area contributed by atoms with E-state index < -0.39 is 24.3 Å². The average Bonchev–Trinajstić information content (AvgIpc) is 4.09. The van der Waals surface area contributed by atoms with Crippen molar-refractivity contribution in [2.45, 2.75) is 70.1 Å². The highest BCUT2D eigenvalue weighted by atomic mass is 16.5. The highest BCUT2D eigenvalue weighted by Gasteiger charge is 2.38.